The number of esters is 1. The molecule has 1 aliphatic heterocycles. The van der Waals surface area contributed by atoms with Gasteiger partial charge in [0.15, 0.2) is 6.10 Å². The zero-order chi connectivity index (χ0) is 28.4. The summed E-state index contributed by atoms with van der Waals surface area (Å²) >= 11 is 0. The van der Waals surface area contributed by atoms with Gasteiger partial charge < -0.3 is 9.47 Å². The zero-order valence-electron chi connectivity index (χ0n) is 21.0. The van der Waals surface area contributed by atoms with E-state index in [9.17, 15) is 29.3 Å². The van der Waals surface area contributed by atoms with Crippen LogP contribution in [-0.4, -0.2) is 35.6 Å². The second-order valence-electron chi connectivity index (χ2n) is 8.74. The van der Waals surface area contributed by atoms with Gasteiger partial charge in [-0.15, -0.1) is 0 Å². The van der Waals surface area contributed by atoms with Crippen LogP contribution in [0.2, 0.25) is 0 Å². The Bertz CT molecular complexity index is 1670. The highest BCUT2D eigenvalue weighted by Crippen LogP contribution is 2.35. The Kier molecular flexibility index (Phi) is 6.90. The number of carbonyl (C=O) groups excluding carboxylic acids is 4. The van der Waals surface area contributed by atoms with E-state index in [2.05, 4.69) is 0 Å². The SMILES string of the molecule is COc1ccccc1N1C(=O)c2ccc(C(=O)O[C@H](C(=O)c3ccccc3)c3ccc([N+](=O)[O-])cc3)cc2C1=O. The number of methoxy groups -OCH3 is 1. The Morgan fingerprint density at radius 2 is 1.45 bits per heavy atom. The lowest BCUT2D eigenvalue weighted by Crippen LogP contribution is -2.29. The first-order valence-corrected chi connectivity index (χ1v) is 12.0. The fourth-order valence-corrected chi connectivity index (χ4v) is 4.37. The van der Waals surface area contributed by atoms with Crippen LogP contribution in [0.4, 0.5) is 11.4 Å². The second-order valence-corrected chi connectivity index (χ2v) is 8.74. The van der Waals surface area contributed by atoms with E-state index in [4.69, 9.17) is 9.47 Å². The summed E-state index contributed by atoms with van der Waals surface area (Å²) in [6, 6.07) is 23.7. The topological polar surface area (TPSA) is 133 Å². The fourth-order valence-electron chi connectivity index (χ4n) is 4.37. The third-order valence-corrected chi connectivity index (χ3v) is 6.38. The van der Waals surface area contributed by atoms with E-state index in [1.165, 1.54) is 49.6 Å². The molecule has 0 radical (unpaired) electrons. The molecule has 198 valence electrons. The highest BCUT2D eigenvalue weighted by molar-refractivity contribution is 6.35. The van der Waals surface area contributed by atoms with Gasteiger partial charge in [-0.2, -0.15) is 0 Å². The minimum atomic E-state index is -1.42. The van der Waals surface area contributed by atoms with Crippen LogP contribution in [0.3, 0.4) is 0 Å². The Morgan fingerprint density at radius 3 is 2.12 bits per heavy atom. The number of fused-ring (bicyclic) bond motifs is 1. The molecule has 0 bridgehead atoms. The van der Waals surface area contributed by atoms with Crippen LogP contribution in [0.5, 0.6) is 5.75 Å². The number of carbonyl (C=O) groups is 4. The normalized spacial score (nSPS) is 13.0. The van der Waals surface area contributed by atoms with Crippen molar-refractivity contribution in [3.63, 3.8) is 0 Å². The van der Waals surface area contributed by atoms with Gasteiger partial charge in [0.25, 0.3) is 17.5 Å². The number of hydrogen-bond acceptors (Lipinski definition) is 8. The summed E-state index contributed by atoms with van der Waals surface area (Å²) in [6.07, 6.45) is -1.42. The van der Waals surface area contributed by atoms with E-state index in [0.717, 1.165) is 4.90 Å². The van der Waals surface area contributed by atoms with E-state index in [0.29, 0.717) is 5.75 Å². The van der Waals surface area contributed by atoms with E-state index in [1.807, 2.05) is 0 Å². The number of rotatable bonds is 8. The summed E-state index contributed by atoms with van der Waals surface area (Å²) < 4.78 is 10.9. The summed E-state index contributed by atoms with van der Waals surface area (Å²) in [5, 5.41) is 11.1. The van der Waals surface area contributed by atoms with Crippen molar-refractivity contribution in [1.29, 1.82) is 0 Å². The van der Waals surface area contributed by atoms with Crippen LogP contribution >= 0.6 is 0 Å². The van der Waals surface area contributed by atoms with Crippen LogP contribution in [0, 0.1) is 10.1 Å². The molecule has 1 atom stereocenters. The molecule has 0 aromatic heterocycles. The molecule has 0 spiro atoms. The molecular formula is C30H20N2O8. The Hall–Kier alpha value is -5.64. The number of nitro benzene ring substituents is 1. The molecule has 2 amide bonds. The second kappa shape index (κ2) is 10.6. The van der Waals surface area contributed by atoms with Gasteiger partial charge in [-0.1, -0.05) is 42.5 Å². The molecule has 0 saturated carbocycles. The number of anilines is 1. The first-order chi connectivity index (χ1) is 19.3. The summed E-state index contributed by atoms with van der Waals surface area (Å²) in [5.74, 6) is -2.37. The van der Waals surface area contributed by atoms with Gasteiger partial charge in [-0.05, 0) is 42.5 Å². The van der Waals surface area contributed by atoms with Gasteiger partial charge in [0.1, 0.15) is 5.75 Å². The van der Waals surface area contributed by atoms with Crippen LogP contribution in [0.15, 0.2) is 97.1 Å². The van der Waals surface area contributed by atoms with Crippen molar-refractivity contribution in [1.82, 2.24) is 0 Å². The monoisotopic (exact) mass is 536 g/mol. The number of imide groups is 1. The number of nitro groups is 1. The molecular weight excluding hydrogens is 516 g/mol. The molecule has 1 heterocycles. The predicted octanol–water partition coefficient (Wildman–Crippen LogP) is 5.19. The van der Waals surface area contributed by atoms with Crippen molar-refractivity contribution in [2.45, 2.75) is 6.10 Å². The van der Waals surface area contributed by atoms with E-state index >= 15 is 0 Å². The molecule has 0 unspecified atom stereocenters. The molecule has 40 heavy (non-hydrogen) atoms. The lowest BCUT2D eigenvalue weighted by atomic mass is 9.99. The van der Waals surface area contributed by atoms with Gasteiger partial charge >= 0.3 is 5.97 Å². The van der Waals surface area contributed by atoms with Crippen molar-refractivity contribution in [2.24, 2.45) is 0 Å². The fraction of sp³-hybridized carbons (Fsp3) is 0.0667. The Balaban J connectivity index is 1.46. The van der Waals surface area contributed by atoms with Crippen LogP contribution in [0.1, 0.15) is 53.1 Å². The molecule has 4 aromatic rings. The molecule has 4 aromatic carbocycles. The highest BCUT2D eigenvalue weighted by Gasteiger charge is 2.39. The van der Waals surface area contributed by atoms with Crippen molar-refractivity contribution in [3.8, 4) is 5.75 Å². The number of ketones is 1. The maximum absolute atomic E-state index is 13.3. The maximum Gasteiger partial charge on any atom is 0.339 e. The molecule has 0 saturated heterocycles. The number of para-hydroxylation sites is 2. The molecule has 0 fully saturated rings. The number of benzene rings is 4. The zero-order valence-corrected chi connectivity index (χ0v) is 21.0. The van der Waals surface area contributed by atoms with E-state index in [-0.39, 0.29) is 39.2 Å². The number of nitrogens with zero attached hydrogens (tertiary/aromatic N) is 2. The van der Waals surface area contributed by atoms with Gasteiger partial charge in [0, 0.05) is 23.3 Å². The number of non-ortho nitro benzene ring substituents is 1. The third-order valence-electron chi connectivity index (χ3n) is 6.38. The quantitative estimate of drug-likeness (QED) is 0.0988. The highest BCUT2D eigenvalue weighted by atomic mass is 16.6. The largest absolute Gasteiger partial charge is 0.495 e. The van der Waals surface area contributed by atoms with Gasteiger partial charge in [-0.25, -0.2) is 9.69 Å². The summed E-state index contributed by atoms with van der Waals surface area (Å²) in [6.45, 7) is 0. The third kappa shape index (κ3) is 4.69. The van der Waals surface area contributed by atoms with Crippen molar-refractivity contribution < 1.29 is 33.6 Å². The first kappa shape index (κ1) is 26.0. The smallest absolute Gasteiger partial charge is 0.339 e. The predicted molar refractivity (Wildman–Crippen MR) is 143 cm³/mol. The van der Waals surface area contributed by atoms with Gasteiger partial charge in [0.05, 0.1) is 34.4 Å². The number of hydrogen-bond donors (Lipinski definition) is 0. The maximum atomic E-state index is 13.3. The Morgan fingerprint density at radius 1 is 0.800 bits per heavy atom. The lowest BCUT2D eigenvalue weighted by molar-refractivity contribution is -0.384. The van der Waals surface area contributed by atoms with E-state index < -0.39 is 34.6 Å². The minimum Gasteiger partial charge on any atom is -0.495 e. The minimum absolute atomic E-state index is 0.00775. The number of amides is 2. The molecule has 1 aliphatic rings. The first-order valence-electron chi connectivity index (χ1n) is 12.0. The van der Waals surface area contributed by atoms with Crippen molar-refractivity contribution in [3.05, 3.63) is 135 Å². The van der Waals surface area contributed by atoms with Crippen LogP contribution in [0.25, 0.3) is 0 Å². The summed E-state index contributed by atoms with van der Waals surface area (Å²) in [4.78, 5) is 64.4. The molecule has 10 nitrogen and oxygen atoms in total. The van der Waals surface area contributed by atoms with Crippen molar-refractivity contribution in [2.75, 3.05) is 12.0 Å². The Labute approximate surface area is 227 Å². The molecule has 10 heteroatoms. The van der Waals surface area contributed by atoms with Crippen LogP contribution < -0.4 is 9.64 Å². The molecule has 5 rings (SSSR count). The summed E-state index contributed by atoms with van der Waals surface area (Å²) in [7, 11) is 1.42. The standard InChI is InChI=1S/C30H20N2O8/c1-39-25-10-6-5-9-24(25)31-28(34)22-16-13-20(17-23(22)29(31)35)30(36)40-27(26(33)18-7-3-2-4-8-18)19-11-14-21(15-12-19)32(37)38/h2-17,27H,1H3/t27-/m0/s1. The molecule has 0 aliphatic carbocycles. The van der Waals surface area contributed by atoms with Crippen molar-refractivity contribution >= 4 is 34.9 Å². The average Bonchev–Trinajstić information content (AvgIpc) is 3.24. The van der Waals surface area contributed by atoms with Gasteiger partial charge in [0.2, 0.25) is 5.78 Å². The van der Waals surface area contributed by atoms with E-state index in [1.54, 1.807) is 54.6 Å². The molecule has 0 N–H and O–H groups in total. The number of Topliss-reactive ketones (excluding diaryl/α,β-unsaturated/α-hetero) is 1. The summed E-state index contributed by atoms with van der Waals surface area (Å²) in [5.41, 5.74) is 0.582. The van der Waals surface area contributed by atoms with Crippen LogP contribution in [-0.2, 0) is 4.74 Å². The lowest BCUT2D eigenvalue weighted by Gasteiger charge is -2.18. The number of ether oxygens (including phenoxy) is 2. The van der Waals surface area contributed by atoms with Gasteiger partial charge in [-0.3, -0.25) is 24.5 Å². The average molecular weight is 536 g/mol.